The summed E-state index contributed by atoms with van der Waals surface area (Å²) >= 11 is 0. The van der Waals surface area contributed by atoms with Crippen molar-refractivity contribution in [2.75, 3.05) is 0 Å². The lowest BCUT2D eigenvalue weighted by Gasteiger charge is -1.99. The van der Waals surface area contributed by atoms with E-state index in [1.165, 1.54) is 0 Å². The highest BCUT2D eigenvalue weighted by atomic mass is 16.4. The number of carboxylic acid groups (broad SMARTS) is 1. The molecule has 0 saturated carbocycles. The molecule has 146 valence electrons. The second-order valence-electron chi connectivity index (χ2n) is 6.10. The third-order valence-electron chi connectivity index (χ3n) is 3.60. The summed E-state index contributed by atoms with van der Waals surface area (Å²) in [4.78, 5) is 10.4. The molecule has 0 aromatic carbocycles. The highest BCUT2D eigenvalue weighted by molar-refractivity contribution is 5.66. The van der Waals surface area contributed by atoms with Gasteiger partial charge in [0.15, 0.2) is 0 Å². The van der Waals surface area contributed by atoms with Crippen LogP contribution < -0.4 is 0 Å². The van der Waals surface area contributed by atoms with E-state index in [0.717, 1.165) is 32.1 Å². The molecular weight excluding hydrogens is 328 g/mol. The van der Waals surface area contributed by atoms with Crippen molar-refractivity contribution in [3.63, 3.8) is 0 Å². The van der Waals surface area contributed by atoms with E-state index >= 15 is 0 Å². The van der Waals surface area contributed by atoms with Gasteiger partial charge in [0.1, 0.15) is 0 Å². The number of hydrogen-bond donors (Lipinski definition) is 3. The van der Waals surface area contributed by atoms with Gasteiger partial charge in [-0.15, -0.1) is 0 Å². The number of unbranched alkanes of at least 4 members (excludes halogenated alkanes) is 3. The Morgan fingerprint density at radius 3 is 2.46 bits per heavy atom. The molecule has 0 aromatic heterocycles. The fraction of sp³-hybridized carbons (Fsp3) is 0.500. The zero-order valence-corrected chi connectivity index (χ0v) is 15.9. The Morgan fingerprint density at radius 2 is 1.73 bits per heavy atom. The molecule has 0 spiro atoms. The monoisotopic (exact) mass is 362 g/mol. The fourth-order valence-electron chi connectivity index (χ4n) is 2.16. The van der Waals surface area contributed by atoms with Gasteiger partial charge in [0, 0.05) is 12.8 Å². The molecule has 1 atom stereocenters. The summed E-state index contributed by atoms with van der Waals surface area (Å²) in [5, 5.41) is 28.1. The molecule has 4 heteroatoms. The van der Waals surface area contributed by atoms with Crippen molar-refractivity contribution < 1.29 is 20.1 Å². The van der Waals surface area contributed by atoms with Gasteiger partial charge in [-0.3, -0.25) is 4.79 Å². The number of aliphatic hydroxyl groups excluding tert-OH is 2. The van der Waals surface area contributed by atoms with Crippen LogP contribution in [0.15, 0.2) is 60.4 Å². The van der Waals surface area contributed by atoms with Crippen LogP contribution in [0.4, 0.5) is 0 Å². The molecule has 0 bridgehead atoms. The van der Waals surface area contributed by atoms with Crippen LogP contribution in [-0.4, -0.2) is 27.4 Å². The normalized spacial score (nSPS) is 14.3. The number of carbonyl (C=O) groups is 1. The Balaban J connectivity index is 3.81. The molecule has 0 rings (SSSR count). The fourth-order valence-corrected chi connectivity index (χ4v) is 2.16. The lowest BCUT2D eigenvalue weighted by Crippen LogP contribution is -1.98. The van der Waals surface area contributed by atoms with Crippen molar-refractivity contribution in [3.8, 4) is 0 Å². The van der Waals surface area contributed by atoms with Gasteiger partial charge in [-0.05, 0) is 44.6 Å². The predicted octanol–water partition coefficient (Wildman–Crippen LogP) is 5.63. The topological polar surface area (TPSA) is 77.8 Å². The van der Waals surface area contributed by atoms with Gasteiger partial charge in [0.2, 0.25) is 0 Å². The molecular formula is C22H34O4. The highest BCUT2D eigenvalue weighted by Crippen LogP contribution is 2.07. The third-order valence-corrected chi connectivity index (χ3v) is 3.60. The van der Waals surface area contributed by atoms with E-state index in [1.54, 1.807) is 18.2 Å². The summed E-state index contributed by atoms with van der Waals surface area (Å²) in [7, 11) is 0. The quantitative estimate of drug-likeness (QED) is 0.153. The van der Waals surface area contributed by atoms with Crippen LogP contribution >= 0.6 is 0 Å². The minimum atomic E-state index is -0.758. The van der Waals surface area contributed by atoms with Crippen LogP contribution in [0.25, 0.3) is 0 Å². The van der Waals surface area contributed by atoms with E-state index in [1.807, 2.05) is 24.3 Å². The third kappa shape index (κ3) is 18.3. The molecule has 0 aromatic rings. The molecule has 0 aliphatic heterocycles. The molecule has 3 N–H and O–H groups in total. The maximum absolute atomic E-state index is 10.4. The SMILES string of the molecule is CC/C=C\C/C=C\CC(O)/C=C\C=C/C/C(O)=C\CCCCCC(=O)O. The Labute approximate surface area is 157 Å². The zero-order chi connectivity index (χ0) is 19.5. The Morgan fingerprint density at radius 1 is 0.962 bits per heavy atom. The van der Waals surface area contributed by atoms with Crippen molar-refractivity contribution in [2.24, 2.45) is 0 Å². The van der Waals surface area contributed by atoms with Gasteiger partial charge in [0.25, 0.3) is 0 Å². The first-order valence-corrected chi connectivity index (χ1v) is 9.47. The molecule has 0 aliphatic rings. The van der Waals surface area contributed by atoms with E-state index in [2.05, 4.69) is 19.1 Å². The summed E-state index contributed by atoms with van der Waals surface area (Å²) in [6.07, 6.45) is 23.1. The molecule has 1 unspecified atom stereocenters. The van der Waals surface area contributed by atoms with Gasteiger partial charge in [-0.25, -0.2) is 0 Å². The number of carboxylic acids is 1. The summed E-state index contributed by atoms with van der Waals surface area (Å²) in [6, 6.07) is 0. The van der Waals surface area contributed by atoms with Crippen LogP contribution in [0.3, 0.4) is 0 Å². The summed E-state index contributed by atoms with van der Waals surface area (Å²) in [5.41, 5.74) is 0. The molecule has 0 fully saturated rings. The molecule has 0 saturated heterocycles. The standard InChI is InChI=1S/C22H34O4/c1-2-3-4-5-6-10-15-20(23)17-12-9-13-18-21(24)16-11-7-8-14-19-22(25)26/h3-4,6,9-10,12-13,16-17,20,23-24H,2,5,7-8,11,14-15,18-19H2,1H3,(H,25,26)/b4-3-,10-6-,13-9-,17-12-,21-16+. The molecule has 4 nitrogen and oxygen atoms in total. The highest BCUT2D eigenvalue weighted by Gasteiger charge is 1.96. The van der Waals surface area contributed by atoms with Gasteiger partial charge < -0.3 is 15.3 Å². The van der Waals surface area contributed by atoms with Crippen LogP contribution in [0, 0.1) is 0 Å². The number of allylic oxidation sites excluding steroid dienone is 7. The second-order valence-corrected chi connectivity index (χ2v) is 6.10. The number of aliphatic carboxylic acids is 1. The first-order valence-electron chi connectivity index (χ1n) is 9.47. The molecule has 0 aliphatic carbocycles. The summed E-state index contributed by atoms with van der Waals surface area (Å²) < 4.78 is 0. The first kappa shape index (κ1) is 23.9. The Bertz CT molecular complexity index is 498. The molecule has 0 amide bonds. The number of rotatable bonds is 15. The van der Waals surface area contributed by atoms with Gasteiger partial charge in [-0.2, -0.15) is 0 Å². The first-order chi connectivity index (χ1) is 12.6. The Kier molecular flexibility index (Phi) is 16.3. The van der Waals surface area contributed by atoms with E-state index in [0.29, 0.717) is 25.0 Å². The maximum Gasteiger partial charge on any atom is 0.303 e. The van der Waals surface area contributed by atoms with Gasteiger partial charge in [0.05, 0.1) is 11.9 Å². The average Bonchev–Trinajstić information content (AvgIpc) is 2.60. The van der Waals surface area contributed by atoms with E-state index < -0.39 is 12.1 Å². The smallest absolute Gasteiger partial charge is 0.303 e. The number of aliphatic hydroxyl groups is 2. The number of hydrogen-bond acceptors (Lipinski definition) is 3. The average molecular weight is 363 g/mol. The minimum Gasteiger partial charge on any atom is -0.512 e. The van der Waals surface area contributed by atoms with Crippen LogP contribution in [0.1, 0.15) is 64.7 Å². The van der Waals surface area contributed by atoms with E-state index in [4.69, 9.17) is 5.11 Å². The largest absolute Gasteiger partial charge is 0.512 e. The van der Waals surface area contributed by atoms with Crippen molar-refractivity contribution in [3.05, 3.63) is 60.4 Å². The second kappa shape index (κ2) is 17.7. The van der Waals surface area contributed by atoms with E-state index in [9.17, 15) is 15.0 Å². The summed E-state index contributed by atoms with van der Waals surface area (Å²) in [5.74, 6) is -0.441. The van der Waals surface area contributed by atoms with Crippen molar-refractivity contribution in [2.45, 2.75) is 70.8 Å². The summed E-state index contributed by atoms with van der Waals surface area (Å²) in [6.45, 7) is 2.10. The lowest BCUT2D eigenvalue weighted by molar-refractivity contribution is -0.137. The van der Waals surface area contributed by atoms with Crippen LogP contribution in [0.2, 0.25) is 0 Å². The van der Waals surface area contributed by atoms with Crippen molar-refractivity contribution in [1.29, 1.82) is 0 Å². The minimum absolute atomic E-state index is 0.211. The molecule has 0 radical (unpaired) electrons. The van der Waals surface area contributed by atoms with Crippen LogP contribution in [0.5, 0.6) is 0 Å². The van der Waals surface area contributed by atoms with E-state index in [-0.39, 0.29) is 6.42 Å². The van der Waals surface area contributed by atoms with Crippen molar-refractivity contribution in [1.82, 2.24) is 0 Å². The molecule has 26 heavy (non-hydrogen) atoms. The molecule has 0 heterocycles. The van der Waals surface area contributed by atoms with Crippen molar-refractivity contribution >= 4 is 5.97 Å². The predicted molar refractivity (Wildman–Crippen MR) is 108 cm³/mol. The Hall–Kier alpha value is -2.07. The van der Waals surface area contributed by atoms with Gasteiger partial charge >= 0.3 is 5.97 Å². The maximum atomic E-state index is 10.4. The zero-order valence-electron chi connectivity index (χ0n) is 15.9. The van der Waals surface area contributed by atoms with Gasteiger partial charge in [-0.1, -0.05) is 62.0 Å². The lowest BCUT2D eigenvalue weighted by atomic mass is 10.1. The van der Waals surface area contributed by atoms with Crippen LogP contribution in [-0.2, 0) is 4.79 Å².